The number of hydrogen-bond acceptors (Lipinski definition) is 6. The third-order valence-corrected chi connectivity index (χ3v) is 11.0. The lowest BCUT2D eigenvalue weighted by Crippen LogP contribution is -2.57. The molecule has 0 aromatic heterocycles. The SMILES string of the molecule is CCCC[C@@H](CC(O)C(CC1CCCCC1)NC[C@H](CC)NC(O)C(CC(C)C)N[C@@H](O)CC1CCCCC1)C(C)CC. The summed E-state index contributed by atoms with van der Waals surface area (Å²) in [6.07, 6.45) is 20.4. The Labute approximate surface area is 267 Å². The van der Waals surface area contributed by atoms with Crippen LogP contribution in [0.15, 0.2) is 0 Å². The fourth-order valence-corrected chi connectivity index (χ4v) is 7.89. The van der Waals surface area contributed by atoms with Crippen LogP contribution in [0.25, 0.3) is 0 Å². The van der Waals surface area contributed by atoms with Crippen molar-refractivity contribution >= 4 is 0 Å². The zero-order chi connectivity index (χ0) is 31.6. The normalized spacial score (nSPS) is 23.0. The second-order valence-corrected chi connectivity index (χ2v) is 15.2. The molecule has 2 aliphatic rings. The summed E-state index contributed by atoms with van der Waals surface area (Å²) in [6, 6.07) is -0.0224. The highest BCUT2D eigenvalue weighted by molar-refractivity contribution is 4.87. The van der Waals surface area contributed by atoms with E-state index in [2.05, 4.69) is 57.5 Å². The van der Waals surface area contributed by atoms with Crippen molar-refractivity contribution in [2.24, 2.45) is 29.6 Å². The lowest BCUT2D eigenvalue weighted by atomic mass is 9.79. The summed E-state index contributed by atoms with van der Waals surface area (Å²) >= 11 is 0. The standard InChI is InChI=1S/C37H75N3O3/c1-7-10-21-31(28(6)8-2)25-35(41)33(23-29-17-13-11-14-18-29)38-26-32(9-3)39-37(43)34(22-27(4)5)40-36(42)24-30-19-15-12-16-20-30/h27-43H,7-26H2,1-6H3/t28?,31-,32-,33?,34?,35?,36-,37?/m0/s1. The Morgan fingerprint density at radius 3 is 1.84 bits per heavy atom. The molecule has 6 nitrogen and oxygen atoms in total. The Morgan fingerprint density at radius 2 is 1.30 bits per heavy atom. The smallest absolute Gasteiger partial charge is 0.120 e. The summed E-state index contributed by atoms with van der Waals surface area (Å²) in [5.41, 5.74) is 0. The fourth-order valence-electron chi connectivity index (χ4n) is 7.89. The number of aliphatic hydroxyl groups excluding tert-OH is 3. The topological polar surface area (TPSA) is 96.8 Å². The van der Waals surface area contributed by atoms with Gasteiger partial charge in [0.15, 0.2) is 0 Å². The molecule has 43 heavy (non-hydrogen) atoms. The molecule has 6 heteroatoms. The number of aliphatic hydroxyl groups is 3. The van der Waals surface area contributed by atoms with E-state index in [1.807, 2.05) is 0 Å². The van der Waals surface area contributed by atoms with E-state index in [0.717, 1.165) is 38.6 Å². The predicted octanol–water partition coefficient (Wildman–Crippen LogP) is 7.50. The van der Waals surface area contributed by atoms with Gasteiger partial charge in [-0.1, -0.05) is 131 Å². The molecular weight excluding hydrogens is 534 g/mol. The van der Waals surface area contributed by atoms with E-state index in [9.17, 15) is 15.3 Å². The van der Waals surface area contributed by atoms with Gasteiger partial charge in [0.05, 0.1) is 6.10 Å². The second-order valence-electron chi connectivity index (χ2n) is 15.2. The maximum absolute atomic E-state index is 11.7. The van der Waals surface area contributed by atoms with E-state index < -0.39 is 12.5 Å². The van der Waals surface area contributed by atoms with Crippen molar-refractivity contribution in [3.8, 4) is 0 Å². The molecule has 0 bridgehead atoms. The number of hydrogen-bond donors (Lipinski definition) is 6. The Hall–Kier alpha value is -0.240. The van der Waals surface area contributed by atoms with E-state index in [1.165, 1.54) is 89.9 Å². The quantitative estimate of drug-likeness (QED) is 0.0672. The molecule has 0 heterocycles. The predicted molar refractivity (Wildman–Crippen MR) is 183 cm³/mol. The van der Waals surface area contributed by atoms with E-state index in [4.69, 9.17) is 0 Å². The number of unbranched alkanes of at least 4 members (excludes halogenated alkanes) is 1. The third kappa shape index (κ3) is 15.7. The molecule has 2 aliphatic carbocycles. The minimum atomic E-state index is -0.735. The van der Waals surface area contributed by atoms with Gasteiger partial charge in [-0.05, 0) is 61.7 Å². The number of rotatable bonds is 23. The zero-order valence-electron chi connectivity index (χ0n) is 29.3. The molecule has 0 amide bonds. The largest absolute Gasteiger partial charge is 0.391 e. The second kappa shape index (κ2) is 22.3. The Bertz CT molecular complexity index is 667. The highest BCUT2D eigenvalue weighted by Gasteiger charge is 2.30. The van der Waals surface area contributed by atoms with Crippen LogP contribution in [-0.4, -0.2) is 58.5 Å². The van der Waals surface area contributed by atoms with Gasteiger partial charge in [0.1, 0.15) is 12.5 Å². The average Bonchev–Trinajstić information content (AvgIpc) is 3.00. The summed E-state index contributed by atoms with van der Waals surface area (Å²) in [4.78, 5) is 0. The molecule has 256 valence electrons. The molecule has 0 spiro atoms. The zero-order valence-corrected chi connectivity index (χ0v) is 29.3. The van der Waals surface area contributed by atoms with Gasteiger partial charge in [-0.15, -0.1) is 0 Å². The summed E-state index contributed by atoms with van der Waals surface area (Å²) in [6.45, 7) is 14.2. The molecule has 0 aromatic carbocycles. The van der Waals surface area contributed by atoms with Crippen LogP contribution in [0.4, 0.5) is 0 Å². The van der Waals surface area contributed by atoms with Crippen LogP contribution < -0.4 is 16.0 Å². The summed E-state index contributed by atoms with van der Waals surface area (Å²) in [5.74, 6) is 2.90. The Balaban J connectivity index is 2.01. The molecule has 2 saturated carbocycles. The summed E-state index contributed by atoms with van der Waals surface area (Å²) in [7, 11) is 0. The monoisotopic (exact) mass is 610 g/mol. The van der Waals surface area contributed by atoms with Crippen LogP contribution in [0.2, 0.25) is 0 Å². The van der Waals surface area contributed by atoms with Gasteiger partial charge in [-0.2, -0.15) is 0 Å². The molecule has 5 unspecified atom stereocenters. The molecule has 8 atom stereocenters. The third-order valence-electron chi connectivity index (χ3n) is 11.0. The summed E-state index contributed by atoms with van der Waals surface area (Å²) < 4.78 is 0. The van der Waals surface area contributed by atoms with Gasteiger partial charge >= 0.3 is 0 Å². The molecule has 0 saturated heterocycles. The van der Waals surface area contributed by atoms with E-state index >= 15 is 0 Å². The molecule has 6 N–H and O–H groups in total. The van der Waals surface area contributed by atoms with E-state index in [1.54, 1.807) is 0 Å². The van der Waals surface area contributed by atoms with Crippen molar-refractivity contribution in [3.63, 3.8) is 0 Å². The summed E-state index contributed by atoms with van der Waals surface area (Å²) in [5, 5.41) is 44.7. The van der Waals surface area contributed by atoms with Crippen molar-refractivity contribution in [3.05, 3.63) is 0 Å². The minimum absolute atomic E-state index is 0.0891. The van der Waals surface area contributed by atoms with Crippen LogP contribution in [0.5, 0.6) is 0 Å². The maximum atomic E-state index is 11.7. The van der Waals surface area contributed by atoms with Crippen LogP contribution in [0.3, 0.4) is 0 Å². The Kier molecular flexibility index (Phi) is 20.2. The highest BCUT2D eigenvalue weighted by Crippen LogP contribution is 2.32. The van der Waals surface area contributed by atoms with Gasteiger partial charge < -0.3 is 20.6 Å². The van der Waals surface area contributed by atoms with Crippen LogP contribution >= 0.6 is 0 Å². The molecule has 0 aromatic rings. The van der Waals surface area contributed by atoms with Gasteiger partial charge in [0, 0.05) is 24.7 Å². The lowest BCUT2D eigenvalue weighted by molar-refractivity contribution is 0.0206. The lowest BCUT2D eigenvalue weighted by Gasteiger charge is -2.35. The first kappa shape index (κ1) is 38.9. The average molecular weight is 610 g/mol. The van der Waals surface area contributed by atoms with Crippen molar-refractivity contribution in [1.29, 1.82) is 0 Å². The fraction of sp³-hybridized carbons (Fsp3) is 1.00. The molecule has 2 rings (SSSR count). The van der Waals surface area contributed by atoms with Gasteiger partial charge in [-0.3, -0.25) is 10.6 Å². The van der Waals surface area contributed by atoms with Crippen molar-refractivity contribution < 1.29 is 15.3 Å². The molecular formula is C37H75N3O3. The van der Waals surface area contributed by atoms with E-state index in [-0.39, 0.29) is 24.2 Å². The first-order valence-electron chi connectivity index (χ1n) is 19.0. The van der Waals surface area contributed by atoms with Crippen molar-refractivity contribution in [1.82, 2.24) is 16.0 Å². The maximum Gasteiger partial charge on any atom is 0.120 e. The van der Waals surface area contributed by atoms with Gasteiger partial charge in [0.25, 0.3) is 0 Å². The first-order chi connectivity index (χ1) is 20.7. The molecule has 2 fully saturated rings. The van der Waals surface area contributed by atoms with E-state index in [0.29, 0.717) is 29.6 Å². The van der Waals surface area contributed by atoms with Crippen molar-refractivity contribution in [2.75, 3.05) is 6.54 Å². The first-order valence-corrected chi connectivity index (χ1v) is 19.0. The molecule has 0 radical (unpaired) electrons. The van der Waals surface area contributed by atoms with Gasteiger partial charge in [0.2, 0.25) is 0 Å². The van der Waals surface area contributed by atoms with Crippen LogP contribution in [-0.2, 0) is 0 Å². The van der Waals surface area contributed by atoms with Crippen LogP contribution in [0, 0.1) is 29.6 Å². The van der Waals surface area contributed by atoms with Crippen LogP contribution in [0.1, 0.15) is 164 Å². The molecule has 0 aliphatic heterocycles. The number of nitrogens with one attached hydrogen (secondary N) is 3. The minimum Gasteiger partial charge on any atom is -0.391 e. The Morgan fingerprint density at radius 1 is 0.698 bits per heavy atom. The van der Waals surface area contributed by atoms with Gasteiger partial charge in [-0.25, -0.2) is 0 Å². The highest BCUT2D eigenvalue weighted by atomic mass is 16.3. The van der Waals surface area contributed by atoms with Crippen molar-refractivity contribution in [2.45, 2.75) is 200 Å².